The van der Waals surface area contributed by atoms with Crippen LogP contribution < -0.4 is 11.1 Å². The van der Waals surface area contributed by atoms with Gasteiger partial charge in [-0.25, -0.2) is 0 Å². The second-order valence-corrected chi connectivity index (χ2v) is 4.19. The second kappa shape index (κ2) is 5.35. The Bertz CT molecular complexity index is 522. The number of H-pyrrole nitrogens is 1. The minimum Gasteiger partial charge on any atom is -0.399 e. The summed E-state index contributed by atoms with van der Waals surface area (Å²) in [6, 6.07) is 9.20. The van der Waals surface area contributed by atoms with Crippen LogP contribution in [-0.4, -0.2) is 16.1 Å². The van der Waals surface area contributed by atoms with E-state index < -0.39 is 0 Å². The Kier molecular flexibility index (Phi) is 3.62. The maximum atomic E-state index is 12.0. The number of aromatic amines is 1. The molecule has 5 nitrogen and oxygen atoms in total. The monoisotopic (exact) mass is 244 g/mol. The first-order chi connectivity index (χ1) is 8.66. The van der Waals surface area contributed by atoms with Gasteiger partial charge >= 0.3 is 0 Å². The van der Waals surface area contributed by atoms with E-state index in [1.165, 1.54) is 0 Å². The van der Waals surface area contributed by atoms with Crippen LogP contribution in [-0.2, 0) is 11.3 Å². The van der Waals surface area contributed by atoms with Crippen molar-refractivity contribution in [2.75, 3.05) is 5.73 Å². The lowest BCUT2D eigenvalue weighted by Gasteiger charge is -2.12. The van der Waals surface area contributed by atoms with Gasteiger partial charge in [0, 0.05) is 11.9 Å². The van der Waals surface area contributed by atoms with Crippen molar-refractivity contribution >= 4 is 11.6 Å². The van der Waals surface area contributed by atoms with Gasteiger partial charge in [0.25, 0.3) is 0 Å². The number of carbonyl (C=O) groups excluding carboxylic acids is 1. The van der Waals surface area contributed by atoms with Crippen LogP contribution in [0, 0.1) is 0 Å². The van der Waals surface area contributed by atoms with Crippen molar-refractivity contribution in [1.29, 1.82) is 0 Å². The number of nitrogens with one attached hydrogen (secondary N) is 2. The third-order valence-electron chi connectivity index (χ3n) is 2.82. The molecule has 94 valence electrons. The summed E-state index contributed by atoms with van der Waals surface area (Å²) in [5.74, 6) is -0.258. The van der Waals surface area contributed by atoms with Crippen molar-refractivity contribution in [1.82, 2.24) is 15.5 Å². The van der Waals surface area contributed by atoms with E-state index in [-0.39, 0.29) is 11.8 Å². The summed E-state index contributed by atoms with van der Waals surface area (Å²) in [6.07, 6.45) is 1.66. The standard InChI is InChI=1S/C13H16N4O/c1-9(10-3-2-4-11(14)7-10)13(18)15-8-12-5-6-16-17-12/h2-7,9H,8,14H2,1H3,(H,15,18)(H,16,17). The molecule has 1 aromatic carbocycles. The number of anilines is 1. The van der Waals surface area contributed by atoms with Gasteiger partial charge in [0.05, 0.1) is 18.2 Å². The molecular formula is C13H16N4O. The number of hydrogen-bond acceptors (Lipinski definition) is 3. The SMILES string of the molecule is CC(C(=O)NCc1ccn[nH]1)c1cccc(N)c1. The van der Waals surface area contributed by atoms with Crippen LogP contribution in [0.25, 0.3) is 0 Å². The fourth-order valence-electron chi connectivity index (χ4n) is 1.70. The molecule has 0 radical (unpaired) electrons. The number of benzene rings is 1. The van der Waals surface area contributed by atoms with Crippen molar-refractivity contribution in [2.24, 2.45) is 0 Å². The van der Waals surface area contributed by atoms with Crippen LogP contribution >= 0.6 is 0 Å². The lowest BCUT2D eigenvalue weighted by molar-refractivity contribution is -0.122. The number of hydrogen-bond donors (Lipinski definition) is 3. The summed E-state index contributed by atoms with van der Waals surface area (Å²) in [7, 11) is 0. The predicted molar refractivity (Wildman–Crippen MR) is 69.7 cm³/mol. The number of nitrogen functional groups attached to an aromatic ring is 1. The summed E-state index contributed by atoms with van der Waals surface area (Å²) in [5, 5.41) is 9.47. The molecule has 4 N–H and O–H groups in total. The normalized spacial score (nSPS) is 12.1. The lowest BCUT2D eigenvalue weighted by atomic mass is 10.00. The number of amides is 1. The number of carbonyl (C=O) groups is 1. The van der Waals surface area contributed by atoms with Gasteiger partial charge in [0.2, 0.25) is 5.91 Å². The number of aromatic nitrogens is 2. The Morgan fingerprint density at radius 3 is 3.00 bits per heavy atom. The van der Waals surface area contributed by atoms with Crippen molar-refractivity contribution in [2.45, 2.75) is 19.4 Å². The fourth-order valence-corrected chi connectivity index (χ4v) is 1.70. The molecule has 0 saturated carbocycles. The zero-order valence-corrected chi connectivity index (χ0v) is 10.2. The van der Waals surface area contributed by atoms with Crippen molar-refractivity contribution < 1.29 is 4.79 Å². The van der Waals surface area contributed by atoms with E-state index in [4.69, 9.17) is 5.73 Å². The summed E-state index contributed by atoms with van der Waals surface area (Å²) in [5.41, 5.74) is 8.16. The highest BCUT2D eigenvalue weighted by atomic mass is 16.1. The minimum absolute atomic E-state index is 0.0322. The molecule has 2 rings (SSSR count). The first-order valence-electron chi connectivity index (χ1n) is 5.78. The van der Waals surface area contributed by atoms with E-state index in [1.807, 2.05) is 31.2 Å². The van der Waals surface area contributed by atoms with Crippen LogP contribution in [0.15, 0.2) is 36.5 Å². The largest absolute Gasteiger partial charge is 0.399 e. The van der Waals surface area contributed by atoms with Gasteiger partial charge in [-0.15, -0.1) is 0 Å². The lowest BCUT2D eigenvalue weighted by Crippen LogP contribution is -2.27. The van der Waals surface area contributed by atoms with Gasteiger partial charge in [0.1, 0.15) is 0 Å². The molecule has 5 heteroatoms. The van der Waals surface area contributed by atoms with Gasteiger partial charge in [-0.1, -0.05) is 12.1 Å². The Balaban J connectivity index is 1.96. The molecule has 1 aromatic heterocycles. The highest BCUT2D eigenvalue weighted by molar-refractivity contribution is 5.83. The van der Waals surface area contributed by atoms with Crippen LogP contribution in [0.3, 0.4) is 0 Å². The molecule has 0 spiro atoms. The Hall–Kier alpha value is -2.30. The molecular weight excluding hydrogens is 228 g/mol. The molecule has 0 aliphatic heterocycles. The zero-order chi connectivity index (χ0) is 13.0. The van der Waals surface area contributed by atoms with Gasteiger partial charge in [-0.3, -0.25) is 9.89 Å². The van der Waals surface area contributed by atoms with E-state index in [9.17, 15) is 4.79 Å². The molecule has 2 aromatic rings. The molecule has 0 saturated heterocycles. The molecule has 18 heavy (non-hydrogen) atoms. The first kappa shape index (κ1) is 12.2. The Morgan fingerprint density at radius 1 is 1.50 bits per heavy atom. The number of nitrogens with two attached hydrogens (primary N) is 1. The Morgan fingerprint density at radius 2 is 2.33 bits per heavy atom. The van der Waals surface area contributed by atoms with Gasteiger partial charge in [0.15, 0.2) is 0 Å². The average Bonchev–Trinajstić information content (AvgIpc) is 2.88. The van der Waals surface area contributed by atoms with Crippen LogP contribution in [0.1, 0.15) is 24.1 Å². The summed E-state index contributed by atoms with van der Waals surface area (Å²) >= 11 is 0. The van der Waals surface area contributed by atoms with Gasteiger partial charge < -0.3 is 11.1 Å². The maximum Gasteiger partial charge on any atom is 0.227 e. The second-order valence-electron chi connectivity index (χ2n) is 4.19. The van der Waals surface area contributed by atoms with Crippen molar-refractivity contribution in [3.05, 3.63) is 47.8 Å². The number of nitrogens with zero attached hydrogens (tertiary/aromatic N) is 1. The summed E-state index contributed by atoms with van der Waals surface area (Å²) in [4.78, 5) is 12.0. The van der Waals surface area contributed by atoms with Crippen LogP contribution in [0.2, 0.25) is 0 Å². The zero-order valence-electron chi connectivity index (χ0n) is 10.2. The third kappa shape index (κ3) is 2.88. The quantitative estimate of drug-likeness (QED) is 0.711. The topological polar surface area (TPSA) is 83.8 Å². The Labute approximate surface area is 105 Å². The average molecular weight is 244 g/mol. The molecule has 0 aliphatic rings. The predicted octanol–water partition coefficient (Wildman–Crippen LogP) is 1.41. The van der Waals surface area contributed by atoms with E-state index in [0.29, 0.717) is 12.2 Å². The van der Waals surface area contributed by atoms with Crippen LogP contribution in [0.4, 0.5) is 5.69 Å². The van der Waals surface area contributed by atoms with Gasteiger partial charge in [-0.2, -0.15) is 5.10 Å². The molecule has 0 bridgehead atoms. The van der Waals surface area contributed by atoms with Gasteiger partial charge in [-0.05, 0) is 30.7 Å². The highest BCUT2D eigenvalue weighted by Gasteiger charge is 2.14. The molecule has 0 aliphatic carbocycles. The van der Waals surface area contributed by atoms with Crippen LogP contribution in [0.5, 0.6) is 0 Å². The maximum absolute atomic E-state index is 12.0. The summed E-state index contributed by atoms with van der Waals surface area (Å²) < 4.78 is 0. The molecule has 0 fully saturated rings. The highest BCUT2D eigenvalue weighted by Crippen LogP contribution is 2.17. The molecule has 1 unspecified atom stereocenters. The van der Waals surface area contributed by atoms with E-state index in [2.05, 4.69) is 15.5 Å². The van der Waals surface area contributed by atoms with Crippen molar-refractivity contribution in [3.63, 3.8) is 0 Å². The smallest absolute Gasteiger partial charge is 0.227 e. The molecule has 1 amide bonds. The van der Waals surface area contributed by atoms with E-state index in [0.717, 1.165) is 11.3 Å². The van der Waals surface area contributed by atoms with Crippen molar-refractivity contribution in [3.8, 4) is 0 Å². The first-order valence-corrected chi connectivity index (χ1v) is 5.78. The summed E-state index contributed by atoms with van der Waals surface area (Å²) in [6.45, 7) is 2.31. The molecule has 1 heterocycles. The molecule has 1 atom stereocenters. The third-order valence-corrected chi connectivity index (χ3v) is 2.82. The minimum atomic E-state index is -0.226. The fraction of sp³-hybridized carbons (Fsp3) is 0.231. The number of rotatable bonds is 4. The van der Waals surface area contributed by atoms with E-state index in [1.54, 1.807) is 12.3 Å². The van der Waals surface area contributed by atoms with E-state index >= 15 is 0 Å².